The molecule has 0 saturated carbocycles. The molecule has 19 heteroatoms. The number of aliphatic hydroxyl groups is 1. The summed E-state index contributed by atoms with van der Waals surface area (Å²) in [5.74, 6) is -0.532. The second-order valence-corrected chi connectivity index (χ2v) is 33.0. The van der Waals surface area contributed by atoms with Gasteiger partial charge in [-0.3, -0.25) is 37.3 Å². The Morgan fingerprint density at radius 2 is 0.460 bits per heavy atom. The summed E-state index contributed by atoms with van der Waals surface area (Å²) in [5.41, 5.74) is 0. The van der Waals surface area contributed by atoms with Crippen LogP contribution in [-0.2, 0) is 65.4 Å². The molecule has 0 amide bonds. The maximum atomic E-state index is 13.1. The Hall–Kier alpha value is -1.94. The lowest BCUT2D eigenvalue weighted by Crippen LogP contribution is -2.30. The molecule has 100 heavy (non-hydrogen) atoms. The van der Waals surface area contributed by atoms with Gasteiger partial charge in [0.15, 0.2) is 12.2 Å². The lowest BCUT2D eigenvalue weighted by molar-refractivity contribution is -0.161. The van der Waals surface area contributed by atoms with Crippen LogP contribution in [0.4, 0.5) is 0 Å². The van der Waals surface area contributed by atoms with Crippen molar-refractivity contribution in [2.75, 3.05) is 39.6 Å². The molecule has 17 nitrogen and oxygen atoms in total. The SMILES string of the molecule is CCCCCCCCCCCCCCCCCCC(=O)OC[C@H](COP(=O)(O)OC[C@@H](O)COP(=O)(O)OC[C@@H](COC(=O)CCCCCCCCCCCCC)OC(=O)CCCCCCCCCCCCCC(C)C)OC(=O)CCCCCCCCCCCCCCCCCCC(C)C. The Labute approximate surface area is 613 Å². The quantitative estimate of drug-likeness (QED) is 0.0222. The van der Waals surface area contributed by atoms with Gasteiger partial charge in [0.1, 0.15) is 19.3 Å². The number of phosphoric ester groups is 2. The van der Waals surface area contributed by atoms with Crippen LogP contribution in [0.1, 0.15) is 427 Å². The van der Waals surface area contributed by atoms with E-state index in [0.717, 1.165) is 102 Å². The molecule has 0 spiro atoms. The van der Waals surface area contributed by atoms with E-state index in [4.69, 9.17) is 37.0 Å². The molecule has 0 aliphatic heterocycles. The van der Waals surface area contributed by atoms with E-state index >= 15 is 0 Å². The van der Waals surface area contributed by atoms with Gasteiger partial charge < -0.3 is 33.8 Å². The van der Waals surface area contributed by atoms with Gasteiger partial charge in [-0.05, 0) is 37.5 Å². The fourth-order valence-electron chi connectivity index (χ4n) is 12.5. The van der Waals surface area contributed by atoms with Crippen LogP contribution in [0.15, 0.2) is 0 Å². The Morgan fingerprint density at radius 3 is 0.680 bits per heavy atom. The van der Waals surface area contributed by atoms with Crippen LogP contribution < -0.4 is 0 Å². The van der Waals surface area contributed by atoms with Crippen LogP contribution >= 0.6 is 15.6 Å². The molecule has 0 aromatic carbocycles. The van der Waals surface area contributed by atoms with Crippen LogP contribution in [0, 0.1) is 11.8 Å². The number of unbranched alkanes of at least 4 members (excludes halogenated alkanes) is 50. The summed E-state index contributed by atoms with van der Waals surface area (Å²) < 4.78 is 68.7. The fourth-order valence-corrected chi connectivity index (χ4v) is 14.1. The number of carbonyl (C=O) groups is 4. The van der Waals surface area contributed by atoms with Crippen molar-refractivity contribution in [3.05, 3.63) is 0 Å². The molecule has 594 valence electrons. The van der Waals surface area contributed by atoms with Crippen molar-refractivity contribution in [2.45, 2.75) is 445 Å². The summed E-state index contributed by atoms with van der Waals surface area (Å²) in [7, 11) is -9.92. The maximum Gasteiger partial charge on any atom is 0.472 e. The van der Waals surface area contributed by atoms with Crippen LogP contribution in [0.3, 0.4) is 0 Å². The highest BCUT2D eigenvalue weighted by Crippen LogP contribution is 2.45. The lowest BCUT2D eigenvalue weighted by atomic mass is 10.0. The molecular formula is C81H158O17P2. The van der Waals surface area contributed by atoms with Gasteiger partial charge in [0.25, 0.3) is 0 Å². The van der Waals surface area contributed by atoms with Crippen molar-refractivity contribution in [1.29, 1.82) is 0 Å². The molecular weight excluding hydrogens is 1310 g/mol. The van der Waals surface area contributed by atoms with E-state index in [-0.39, 0.29) is 25.7 Å². The standard InChI is InChI=1S/C81H158O17P2/c1-7-9-11-13-15-17-19-20-21-25-28-34-40-46-52-58-64-79(84)92-70-77(97-80(85)65-59-53-47-41-35-29-26-23-22-24-27-32-37-43-49-55-61-73(3)4)72-96-100(89,90)94-68-75(82)67-93-99(87,88)95-71-76(69-91-78(83)63-57-51-45-39-31-18-16-14-12-10-8-2)98-81(86)66-60-54-48-42-36-30-33-38-44-50-56-62-74(5)6/h73-77,82H,7-72H2,1-6H3,(H,87,88)(H,89,90)/t75-,76+,77+/m0/s1. The number of ether oxygens (including phenoxy) is 4. The summed E-state index contributed by atoms with van der Waals surface area (Å²) in [6.07, 6.45) is 62.3. The monoisotopic (exact) mass is 1470 g/mol. The summed E-state index contributed by atoms with van der Waals surface area (Å²) in [6, 6.07) is 0. The van der Waals surface area contributed by atoms with Crippen LogP contribution in [0.2, 0.25) is 0 Å². The third-order valence-electron chi connectivity index (χ3n) is 19.0. The van der Waals surface area contributed by atoms with Crippen molar-refractivity contribution in [1.82, 2.24) is 0 Å². The second kappa shape index (κ2) is 72.6. The van der Waals surface area contributed by atoms with Gasteiger partial charge in [-0.15, -0.1) is 0 Å². The largest absolute Gasteiger partial charge is 0.472 e. The van der Waals surface area contributed by atoms with Gasteiger partial charge in [-0.25, -0.2) is 9.13 Å². The van der Waals surface area contributed by atoms with Crippen molar-refractivity contribution in [3.8, 4) is 0 Å². The number of hydrogen-bond donors (Lipinski definition) is 3. The predicted molar refractivity (Wildman–Crippen MR) is 409 cm³/mol. The van der Waals surface area contributed by atoms with Crippen LogP contribution in [0.25, 0.3) is 0 Å². The topological polar surface area (TPSA) is 237 Å². The first-order chi connectivity index (χ1) is 48.4. The maximum absolute atomic E-state index is 13.1. The summed E-state index contributed by atoms with van der Waals surface area (Å²) in [6.45, 7) is 9.67. The first-order valence-corrected chi connectivity index (χ1v) is 45.0. The molecule has 5 atom stereocenters. The molecule has 2 unspecified atom stereocenters. The van der Waals surface area contributed by atoms with Gasteiger partial charge in [0.2, 0.25) is 0 Å². The number of aliphatic hydroxyl groups excluding tert-OH is 1. The van der Waals surface area contributed by atoms with Crippen molar-refractivity contribution < 1.29 is 80.2 Å². The van der Waals surface area contributed by atoms with Gasteiger partial charge in [0.05, 0.1) is 26.4 Å². The normalized spacial score (nSPS) is 13.9. The number of carbonyl (C=O) groups excluding carboxylic acids is 4. The predicted octanol–water partition coefficient (Wildman–Crippen LogP) is 24.3. The zero-order valence-electron chi connectivity index (χ0n) is 65.5. The zero-order chi connectivity index (χ0) is 73.5. The minimum absolute atomic E-state index is 0.107. The van der Waals surface area contributed by atoms with Crippen molar-refractivity contribution >= 4 is 39.5 Å². The second-order valence-electron chi connectivity index (χ2n) is 30.1. The zero-order valence-corrected chi connectivity index (χ0v) is 67.3. The van der Waals surface area contributed by atoms with E-state index in [1.807, 2.05) is 0 Å². The number of phosphoric acid groups is 2. The number of rotatable bonds is 80. The number of hydrogen-bond acceptors (Lipinski definition) is 15. The van der Waals surface area contributed by atoms with E-state index in [2.05, 4.69) is 41.5 Å². The summed E-state index contributed by atoms with van der Waals surface area (Å²) >= 11 is 0. The molecule has 3 N–H and O–H groups in total. The lowest BCUT2D eigenvalue weighted by Gasteiger charge is -2.21. The minimum atomic E-state index is -4.96. The molecule has 0 fully saturated rings. The average molecular weight is 1470 g/mol. The Bertz CT molecular complexity index is 1920. The summed E-state index contributed by atoms with van der Waals surface area (Å²) in [5, 5.41) is 10.6. The molecule has 0 aromatic heterocycles. The van der Waals surface area contributed by atoms with Crippen LogP contribution in [0.5, 0.6) is 0 Å². The Morgan fingerprint density at radius 1 is 0.270 bits per heavy atom. The van der Waals surface area contributed by atoms with Gasteiger partial charge in [0, 0.05) is 25.7 Å². The highest BCUT2D eigenvalue weighted by molar-refractivity contribution is 7.47. The third kappa shape index (κ3) is 74.3. The van der Waals surface area contributed by atoms with Crippen LogP contribution in [-0.4, -0.2) is 96.7 Å². The highest BCUT2D eigenvalue weighted by Gasteiger charge is 2.30. The van der Waals surface area contributed by atoms with E-state index in [9.17, 15) is 43.2 Å². The van der Waals surface area contributed by atoms with Gasteiger partial charge in [-0.2, -0.15) is 0 Å². The fraction of sp³-hybridized carbons (Fsp3) is 0.951. The molecule has 0 aliphatic carbocycles. The minimum Gasteiger partial charge on any atom is -0.462 e. The van der Waals surface area contributed by atoms with Crippen molar-refractivity contribution in [2.24, 2.45) is 11.8 Å². The average Bonchev–Trinajstić information content (AvgIpc) is 1.09. The highest BCUT2D eigenvalue weighted by atomic mass is 31.2. The molecule has 0 heterocycles. The molecule has 0 saturated heterocycles. The van der Waals surface area contributed by atoms with Crippen molar-refractivity contribution in [3.63, 3.8) is 0 Å². The smallest absolute Gasteiger partial charge is 0.462 e. The Balaban J connectivity index is 5.25. The molecule has 0 bridgehead atoms. The Kier molecular flexibility index (Phi) is 71.2. The number of esters is 4. The summed E-state index contributed by atoms with van der Waals surface area (Å²) in [4.78, 5) is 73.0. The van der Waals surface area contributed by atoms with E-state index in [1.165, 1.54) is 244 Å². The van der Waals surface area contributed by atoms with E-state index in [0.29, 0.717) is 25.7 Å². The first-order valence-electron chi connectivity index (χ1n) is 42.0. The third-order valence-corrected chi connectivity index (χ3v) is 20.9. The molecule has 0 rings (SSSR count). The molecule has 0 aliphatic rings. The van der Waals surface area contributed by atoms with Gasteiger partial charge >= 0.3 is 39.5 Å². The van der Waals surface area contributed by atoms with E-state index in [1.54, 1.807) is 0 Å². The first kappa shape index (κ1) is 98.1. The molecule has 0 radical (unpaired) electrons. The van der Waals surface area contributed by atoms with E-state index < -0.39 is 97.5 Å². The van der Waals surface area contributed by atoms with Gasteiger partial charge in [-0.1, -0.05) is 375 Å². The molecule has 0 aromatic rings.